The van der Waals surface area contributed by atoms with E-state index in [2.05, 4.69) is 5.32 Å². The van der Waals surface area contributed by atoms with E-state index in [9.17, 15) is 9.59 Å². The van der Waals surface area contributed by atoms with Crippen LogP contribution in [0.5, 0.6) is 11.5 Å². The van der Waals surface area contributed by atoms with Crippen LogP contribution in [-0.4, -0.2) is 25.5 Å². The number of ether oxygens (including phenoxy) is 2. The number of aryl methyl sites for hydroxylation is 1. The molecule has 2 aromatic carbocycles. The zero-order chi connectivity index (χ0) is 15.9. The number of methoxy groups -OCH3 is 1. The number of carbonyl (C=O) groups is 2. The third-order valence-electron chi connectivity index (χ3n) is 2.97. The SMILES string of the molecule is COc1ccccc1OC(=O)CNC(=O)c1cccc(C)c1. The van der Waals surface area contributed by atoms with Gasteiger partial charge in [0.15, 0.2) is 11.5 Å². The number of hydrogen-bond acceptors (Lipinski definition) is 4. The summed E-state index contributed by atoms with van der Waals surface area (Å²) >= 11 is 0. The first-order valence-corrected chi connectivity index (χ1v) is 6.78. The molecule has 0 spiro atoms. The number of amides is 1. The summed E-state index contributed by atoms with van der Waals surface area (Å²) in [6, 6.07) is 13.9. The molecule has 0 saturated carbocycles. The molecule has 22 heavy (non-hydrogen) atoms. The fourth-order valence-corrected chi connectivity index (χ4v) is 1.90. The van der Waals surface area contributed by atoms with Gasteiger partial charge in [-0.2, -0.15) is 0 Å². The maximum absolute atomic E-state index is 11.9. The zero-order valence-electron chi connectivity index (χ0n) is 12.5. The van der Waals surface area contributed by atoms with Crippen molar-refractivity contribution in [2.75, 3.05) is 13.7 Å². The van der Waals surface area contributed by atoms with Crippen molar-refractivity contribution in [2.24, 2.45) is 0 Å². The van der Waals surface area contributed by atoms with Crippen molar-refractivity contribution in [3.05, 3.63) is 59.7 Å². The maximum atomic E-state index is 11.9. The Labute approximate surface area is 128 Å². The average molecular weight is 299 g/mol. The third kappa shape index (κ3) is 4.09. The highest BCUT2D eigenvalue weighted by molar-refractivity contribution is 5.96. The Balaban J connectivity index is 1.91. The number of rotatable bonds is 5. The average Bonchev–Trinajstić information content (AvgIpc) is 2.53. The topological polar surface area (TPSA) is 64.6 Å². The van der Waals surface area contributed by atoms with E-state index < -0.39 is 5.97 Å². The number of para-hydroxylation sites is 2. The van der Waals surface area contributed by atoms with E-state index in [1.807, 2.05) is 13.0 Å². The van der Waals surface area contributed by atoms with Gasteiger partial charge in [-0.3, -0.25) is 4.79 Å². The van der Waals surface area contributed by atoms with Crippen molar-refractivity contribution in [3.8, 4) is 11.5 Å². The lowest BCUT2D eigenvalue weighted by atomic mass is 10.1. The van der Waals surface area contributed by atoms with Crippen molar-refractivity contribution in [2.45, 2.75) is 6.92 Å². The van der Waals surface area contributed by atoms with Crippen LogP contribution < -0.4 is 14.8 Å². The number of nitrogens with one attached hydrogen (secondary N) is 1. The summed E-state index contributed by atoms with van der Waals surface area (Å²) in [7, 11) is 1.49. The van der Waals surface area contributed by atoms with Gasteiger partial charge in [0.25, 0.3) is 5.91 Å². The monoisotopic (exact) mass is 299 g/mol. The molecule has 0 aliphatic rings. The molecule has 1 N–H and O–H groups in total. The van der Waals surface area contributed by atoms with Crippen LogP contribution in [0.4, 0.5) is 0 Å². The lowest BCUT2D eigenvalue weighted by molar-refractivity contribution is -0.133. The fourth-order valence-electron chi connectivity index (χ4n) is 1.90. The fraction of sp³-hybridized carbons (Fsp3) is 0.176. The zero-order valence-corrected chi connectivity index (χ0v) is 12.5. The molecule has 2 rings (SSSR count). The summed E-state index contributed by atoms with van der Waals surface area (Å²) in [5.41, 5.74) is 1.48. The van der Waals surface area contributed by atoms with Gasteiger partial charge < -0.3 is 14.8 Å². The summed E-state index contributed by atoms with van der Waals surface area (Å²) in [6.45, 7) is 1.68. The second kappa shape index (κ2) is 7.26. The standard InChI is InChI=1S/C17H17NO4/c1-12-6-5-7-13(10-12)17(20)18-11-16(19)22-15-9-4-3-8-14(15)21-2/h3-10H,11H2,1-2H3,(H,18,20). The summed E-state index contributed by atoms with van der Waals surface area (Å²) in [6.07, 6.45) is 0. The van der Waals surface area contributed by atoms with E-state index in [1.165, 1.54) is 7.11 Å². The highest BCUT2D eigenvalue weighted by Crippen LogP contribution is 2.25. The lowest BCUT2D eigenvalue weighted by Crippen LogP contribution is -2.31. The summed E-state index contributed by atoms with van der Waals surface area (Å²) in [4.78, 5) is 23.7. The summed E-state index contributed by atoms with van der Waals surface area (Å²) in [5.74, 6) is -0.105. The van der Waals surface area contributed by atoms with Crippen molar-refractivity contribution < 1.29 is 19.1 Å². The molecule has 5 heteroatoms. The van der Waals surface area contributed by atoms with Crippen LogP contribution in [0.25, 0.3) is 0 Å². The number of hydrogen-bond donors (Lipinski definition) is 1. The Hall–Kier alpha value is -2.82. The van der Waals surface area contributed by atoms with Crippen LogP contribution in [0, 0.1) is 6.92 Å². The quantitative estimate of drug-likeness (QED) is 0.680. The second-order valence-electron chi connectivity index (χ2n) is 4.68. The second-order valence-corrected chi connectivity index (χ2v) is 4.68. The van der Waals surface area contributed by atoms with Crippen LogP contribution in [0.15, 0.2) is 48.5 Å². The van der Waals surface area contributed by atoms with Crippen LogP contribution >= 0.6 is 0 Å². The van der Waals surface area contributed by atoms with Gasteiger partial charge in [0, 0.05) is 5.56 Å². The number of carbonyl (C=O) groups excluding carboxylic acids is 2. The van der Waals surface area contributed by atoms with E-state index >= 15 is 0 Å². The minimum absolute atomic E-state index is 0.217. The first-order chi connectivity index (χ1) is 10.6. The Morgan fingerprint density at radius 2 is 1.77 bits per heavy atom. The highest BCUT2D eigenvalue weighted by atomic mass is 16.6. The first kappa shape index (κ1) is 15.6. The van der Waals surface area contributed by atoms with Gasteiger partial charge in [-0.05, 0) is 31.2 Å². The van der Waals surface area contributed by atoms with E-state index in [4.69, 9.17) is 9.47 Å². The molecule has 0 aromatic heterocycles. The van der Waals surface area contributed by atoms with Crippen molar-refractivity contribution in [1.82, 2.24) is 5.32 Å². The molecule has 114 valence electrons. The van der Waals surface area contributed by atoms with Crippen molar-refractivity contribution in [1.29, 1.82) is 0 Å². The molecule has 0 radical (unpaired) electrons. The van der Waals surface area contributed by atoms with Crippen LogP contribution in [0.2, 0.25) is 0 Å². The Morgan fingerprint density at radius 3 is 2.45 bits per heavy atom. The van der Waals surface area contributed by atoms with E-state index in [0.717, 1.165) is 5.56 Å². The van der Waals surface area contributed by atoms with Gasteiger partial charge in [0.05, 0.1) is 7.11 Å². The molecule has 0 bridgehead atoms. The molecule has 0 saturated heterocycles. The van der Waals surface area contributed by atoms with Gasteiger partial charge in [-0.25, -0.2) is 4.79 Å². The van der Waals surface area contributed by atoms with Gasteiger partial charge in [0.2, 0.25) is 0 Å². The van der Waals surface area contributed by atoms with Crippen molar-refractivity contribution in [3.63, 3.8) is 0 Å². The lowest BCUT2D eigenvalue weighted by Gasteiger charge is -2.09. The molecule has 0 fully saturated rings. The first-order valence-electron chi connectivity index (χ1n) is 6.78. The highest BCUT2D eigenvalue weighted by Gasteiger charge is 2.12. The van der Waals surface area contributed by atoms with E-state index in [-0.39, 0.29) is 12.5 Å². The molecule has 0 aliphatic heterocycles. The summed E-state index contributed by atoms with van der Waals surface area (Å²) in [5, 5.41) is 2.53. The molecule has 2 aromatic rings. The maximum Gasteiger partial charge on any atom is 0.330 e. The molecule has 0 atom stereocenters. The van der Waals surface area contributed by atoms with Crippen LogP contribution in [-0.2, 0) is 4.79 Å². The number of esters is 1. The molecule has 5 nitrogen and oxygen atoms in total. The Morgan fingerprint density at radius 1 is 1.05 bits per heavy atom. The molecular weight excluding hydrogens is 282 g/mol. The van der Waals surface area contributed by atoms with Crippen LogP contribution in [0.3, 0.4) is 0 Å². The van der Waals surface area contributed by atoms with Gasteiger partial charge in [0.1, 0.15) is 6.54 Å². The molecule has 0 unspecified atom stereocenters. The molecule has 0 heterocycles. The molecule has 1 amide bonds. The molecule has 0 aliphatic carbocycles. The Kier molecular flexibility index (Phi) is 5.14. The minimum atomic E-state index is -0.564. The Bertz CT molecular complexity index is 682. The van der Waals surface area contributed by atoms with E-state index in [0.29, 0.717) is 17.1 Å². The van der Waals surface area contributed by atoms with Gasteiger partial charge in [-0.1, -0.05) is 29.8 Å². The van der Waals surface area contributed by atoms with Crippen molar-refractivity contribution >= 4 is 11.9 Å². The van der Waals surface area contributed by atoms with Gasteiger partial charge in [-0.15, -0.1) is 0 Å². The predicted molar refractivity (Wildman–Crippen MR) is 82.1 cm³/mol. The van der Waals surface area contributed by atoms with Crippen LogP contribution in [0.1, 0.15) is 15.9 Å². The number of benzene rings is 2. The minimum Gasteiger partial charge on any atom is -0.493 e. The largest absolute Gasteiger partial charge is 0.493 e. The predicted octanol–water partition coefficient (Wildman–Crippen LogP) is 2.34. The molecular formula is C17H17NO4. The smallest absolute Gasteiger partial charge is 0.330 e. The normalized spacial score (nSPS) is 9.91. The van der Waals surface area contributed by atoms with Gasteiger partial charge >= 0.3 is 5.97 Å². The third-order valence-corrected chi connectivity index (χ3v) is 2.97. The van der Waals surface area contributed by atoms with E-state index in [1.54, 1.807) is 42.5 Å². The summed E-state index contributed by atoms with van der Waals surface area (Å²) < 4.78 is 10.3.